The van der Waals surface area contributed by atoms with Crippen molar-refractivity contribution in [3.63, 3.8) is 0 Å². The molecule has 1 aromatic heterocycles. The van der Waals surface area contributed by atoms with E-state index in [2.05, 4.69) is 31.6 Å². The first-order valence-corrected chi connectivity index (χ1v) is 7.47. The summed E-state index contributed by atoms with van der Waals surface area (Å²) < 4.78 is 2.62. The summed E-state index contributed by atoms with van der Waals surface area (Å²) in [6, 6.07) is 5.72. The molecule has 0 bridgehead atoms. The standard InChI is InChI=1S/C13H14BrClN4/c14-12-4-3-11(5-13(12)15)19-8-10(17-18-19)7-16-6-9-1-2-9/h3-5,8-9,16H,1-2,6-7H2. The number of hydrogen-bond donors (Lipinski definition) is 1. The summed E-state index contributed by atoms with van der Waals surface area (Å²) in [5, 5.41) is 12.3. The fourth-order valence-corrected chi connectivity index (χ4v) is 2.28. The fourth-order valence-electron chi connectivity index (χ4n) is 1.86. The SMILES string of the molecule is Clc1cc(-n2cc(CNCC3CC3)nn2)ccc1Br. The van der Waals surface area contributed by atoms with Gasteiger partial charge in [-0.1, -0.05) is 16.8 Å². The van der Waals surface area contributed by atoms with Gasteiger partial charge in [0.2, 0.25) is 0 Å². The van der Waals surface area contributed by atoms with Crippen molar-refractivity contribution in [3.8, 4) is 5.69 Å². The van der Waals surface area contributed by atoms with Crippen molar-refractivity contribution in [2.24, 2.45) is 5.92 Å². The Labute approximate surface area is 125 Å². The Hall–Kier alpha value is -0.910. The van der Waals surface area contributed by atoms with Gasteiger partial charge in [-0.05, 0) is 59.4 Å². The van der Waals surface area contributed by atoms with Gasteiger partial charge in [0.05, 0.1) is 22.6 Å². The van der Waals surface area contributed by atoms with Crippen molar-refractivity contribution < 1.29 is 0 Å². The Bertz CT molecular complexity index is 580. The van der Waals surface area contributed by atoms with Crippen LogP contribution in [0.5, 0.6) is 0 Å². The van der Waals surface area contributed by atoms with Gasteiger partial charge in [0.1, 0.15) is 0 Å². The minimum absolute atomic E-state index is 0.668. The Balaban J connectivity index is 1.67. The molecular formula is C13H14BrClN4. The molecule has 4 nitrogen and oxygen atoms in total. The maximum atomic E-state index is 6.08. The highest BCUT2D eigenvalue weighted by atomic mass is 79.9. The van der Waals surface area contributed by atoms with Crippen molar-refractivity contribution >= 4 is 27.5 Å². The van der Waals surface area contributed by atoms with Gasteiger partial charge in [0.15, 0.2) is 0 Å². The monoisotopic (exact) mass is 340 g/mol. The number of benzene rings is 1. The predicted octanol–water partition coefficient (Wildman–Crippen LogP) is 3.18. The second-order valence-corrected chi connectivity index (χ2v) is 6.09. The van der Waals surface area contributed by atoms with E-state index in [0.717, 1.165) is 34.9 Å². The van der Waals surface area contributed by atoms with Crippen LogP contribution < -0.4 is 5.32 Å². The Morgan fingerprint density at radius 2 is 2.26 bits per heavy atom. The molecule has 100 valence electrons. The first-order valence-electron chi connectivity index (χ1n) is 6.30. The smallest absolute Gasteiger partial charge is 0.0969 e. The van der Waals surface area contributed by atoms with Gasteiger partial charge in [0.25, 0.3) is 0 Å². The van der Waals surface area contributed by atoms with E-state index in [1.807, 2.05) is 24.4 Å². The van der Waals surface area contributed by atoms with Crippen molar-refractivity contribution in [1.82, 2.24) is 20.3 Å². The number of rotatable bonds is 5. The molecule has 1 saturated carbocycles. The van der Waals surface area contributed by atoms with Gasteiger partial charge in [-0.3, -0.25) is 0 Å². The molecule has 3 rings (SSSR count). The molecular weight excluding hydrogens is 328 g/mol. The van der Waals surface area contributed by atoms with Crippen LogP contribution in [-0.2, 0) is 6.54 Å². The lowest BCUT2D eigenvalue weighted by molar-refractivity contribution is 0.628. The van der Waals surface area contributed by atoms with Crippen LogP contribution in [0.2, 0.25) is 5.02 Å². The minimum atomic E-state index is 0.668. The van der Waals surface area contributed by atoms with Gasteiger partial charge < -0.3 is 5.32 Å². The summed E-state index contributed by atoms with van der Waals surface area (Å²) in [7, 11) is 0. The van der Waals surface area contributed by atoms with E-state index in [1.165, 1.54) is 12.8 Å². The van der Waals surface area contributed by atoms with E-state index in [-0.39, 0.29) is 0 Å². The quantitative estimate of drug-likeness (QED) is 0.908. The molecule has 0 aliphatic heterocycles. The molecule has 0 atom stereocenters. The van der Waals surface area contributed by atoms with Crippen LogP contribution in [-0.4, -0.2) is 21.5 Å². The third kappa shape index (κ3) is 3.35. The van der Waals surface area contributed by atoms with E-state index in [1.54, 1.807) is 4.68 Å². The highest BCUT2D eigenvalue weighted by molar-refractivity contribution is 9.10. The zero-order valence-corrected chi connectivity index (χ0v) is 12.7. The average Bonchev–Trinajstić information content (AvgIpc) is 3.10. The van der Waals surface area contributed by atoms with E-state index >= 15 is 0 Å². The van der Waals surface area contributed by atoms with Crippen LogP contribution in [0.3, 0.4) is 0 Å². The molecule has 0 radical (unpaired) electrons. The summed E-state index contributed by atoms with van der Waals surface area (Å²) in [6.07, 6.45) is 4.65. The second kappa shape index (κ2) is 5.61. The molecule has 1 N–H and O–H groups in total. The normalized spacial score (nSPS) is 14.8. The lowest BCUT2D eigenvalue weighted by atomic mass is 10.3. The topological polar surface area (TPSA) is 42.7 Å². The summed E-state index contributed by atoms with van der Waals surface area (Å²) in [5.74, 6) is 0.875. The van der Waals surface area contributed by atoms with Crippen LogP contribution in [0.4, 0.5) is 0 Å². The first kappa shape index (κ1) is 13.1. The van der Waals surface area contributed by atoms with Gasteiger partial charge in [-0.2, -0.15) is 0 Å². The molecule has 0 saturated heterocycles. The van der Waals surface area contributed by atoms with Crippen LogP contribution in [0.25, 0.3) is 5.69 Å². The molecule has 2 aromatic rings. The number of halogens is 2. The lowest BCUT2D eigenvalue weighted by Crippen LogP contribution is -2.16. The molecule has 1 heterocycles. The number of nitrogens with one attached hydrogen (secondary N) is 1. The highest BCUT2D eigenvalue weighted by Crippen LogP contribution is 2.27. The zero-order chi connectivity index (χ0) is 13.2. The van der Waals surface area contributed by atoms with Gasteiger partial charge in [-0.15, -0.1) is 5.10 Å². The molecule has 6 heteroatoms. The van der Waals surface area contributed by atoms with E-state index in [4.69, 9.17) is 11.6 Å². The van der Waals surface area contributed by atoms with Crippen LogP contribution in [0, 0.1) is 5.92 Å². The maximum Gasteiger partial charge on any atom is 0.0969 e. The van der Waals surface area contributed by atoms with Crippen molar-refractivity contribution in [3.05, 3.63) is 39.6 Å². The zero-order valence-electron chi connectivity index (χ0n) is 10.3. The van der Waals surface area contributed by atoms with Crippen LogP contribution in [0.1, 0.15) is 18.5 Å². The summed E-state index contributed by atoms with van der Waals surface area (Å²) >= 11 is 9.45. The molecule has 1 aliphatic carbocycles. The fraction of sp³-hybridized carbons (Fsp3) is 0.385. The molecule has 0 amide bonds. The van der Waals surface area contributed by atoms with E-state index in [0.29, 0.717) is 5.02 Å². The first-order chi connectivity index (χ1) is 9.22. The highest BCUT2D eigenvalue weighted by Gasteiger charge is 2.20. The van der Waals surface area contributed by atoms with Crippen LogP contribution >= 0.6 is 27.5 Å². The van der Waals surface area contributed by atoms with Gasteiger partial charge >= 0.3 is 0 Å². The maximum absolute atomic E-state index is 6.08. The molecule has 0 unspecified atom stereocenters. The minimum Gasteiger partial charge on any atom is -0.311 e. The third-order valence-electron chi connectivity index (χ3n) is 3.14. The molecule has 19 heavy (non-hydrogen) atoms. The van der Waals surface area contributed by atoms with E-state index in [9.17, 15) is 0 Å². The average molecular weight is 342 g/mol. The second-order valence-electron chi connectivity index (χ2n) is 4.83. The largest absolute Gasteiger partial charge is 0.311 e. The predicted molar refractivity (Wildman–Crippen MR) is 78.5 cm³/mol. The molecule has 0 spiro atoms. The van der Waals surface area contributed by atoms with Crippen LogP contribution in [0.15, 0.2) is 28.9 Å². The summed E-state index contributed by atoms with van der Waals surface area (Å²) in [5.41, 5.74) is 1.86. The van der Waals surface area contributed by atoms with E-state index < -0.39 is 0 Å². The van der Waals surface area contributed by atoms with Crippen molar-refractivity contribution in [2.45, 2.75) is 19.4 Å². The molecule has 1 aromatic carbocycles. The van der Waals surface area contributed by atoms with Gasteiger partial charge in [0, 0.05) is 11.0 Å². The number of aromatic nitrogens is 3. The summed E-state index contributed by atoms with van der Waals surface area (Å²) in [4.78, 5) is 0. The lowest BCUT2D eigenvalue weighted by Gasteiger charge is -2.02. The van der Waals surface area contributed by atoms with Gasteiger partial charge in [-0.25, -0.2) is 4.68 Å². The Kier molecular flexibility index (Phi) is 3.86. The molecule has 1 aliphatic rings. The van der Waals surface area contributed by atoms with Crippen molar-refractivity contribution in [1.29, 1.82) is 0 Å². The Morgan fingerprint density at radius 1 is 1.42 bits per heavy atom. The third-order valence-corrected chi connectivity index (χ3v) is 4.38. The summed E-state index contributed by atoms with van der Waals surface area (Å²) in [6.45, 7) is 1.84. The Morgan fingerprint density at radius 3 is 3.00 bits per heavy atom. The number of nitrogens with zero attached hydrogens (tertiary/aromatic N) is 3. The van der Waals surface area contributed by atoms with Crippen molar-refractivity contribution in [2.75, 3.05) is 6.54 Å². The number of hydrogen-bond acceptors (Lipinski definition) is 3. The molecule has 1 fully saturated rings.